The van der Waals surface area contributed by atoms with Gasteiger partial charge in [0, 0.05) is 26.7 Å². The van der Waals surface area contributed by atoms with E-state index in [1.54, 1.807) is 7.11 Å². The topological polar surface area (TPSA) is 24.5 Å². The van der Waals surface area contributed by atoms with Gasteiger partial charge in [-0.15, -0.1) is 0 Å². The third-order valence-electron chi connectivity index (χ3n) is 3.23. The number of hydrogen-bond donors (Lipinski definition) is 1. The van der Waals surface area contributed by atoms with E-state index >= 15 is 0 Å². The zero-order valence-electron chi connectivity index (χ0n) is 11.9. The van der Waals surface area contributed by atoms with Crippen LogP contribution in [-0.2, 0) is 17.9 Å². The van der Waals surface area contributed by atoms with E-state index < -0.39 is 0 Å². The van der Waals surface area contributed by atoms with Crippen LogP contribution >= 0.6 is 0 Å². The fourth-order valence-corrected chi connectivity index (χ4v) is 2.03. The minimum atomic E-state index is 0.688. The molecule has 0 aliphatic carbocycles. The Kier molecular flexibility index (Phi) is 7.65. The lowest BCUT2D eigenvalue weighted by Crippen LogP contribution is -2.31. The molecule has 1 aromatic carbocycles. The van der Waals surface area contributed by atoms with Crippen molar-refractivity contribution in [3.8, 4) is 0 Å². The first kappa shape index (κ1) is 15.2. The maximum absolute atomic E-state index is 5.21. The third kappa shape index (κ3) is 5.17. The minimum absolute atomic E-state index is 0.688. The van der Waals surface area contributed by atoms with Crippen molar-refractivity contribution in [3.05, 3.63) is 35.4 Å². The summed E-state index contributed by atoms with van der Waals surface area (Å²) in [6.45, 7) is 10.4. The van der Waals surface area contributed by atoms with Crippen LogP contribution in [0.4, 0.5) is 0 Å². The second-order valence-electron chi connectivity index (χ2n) is 4.41. The molecule has 0 bridgehead atoms. The molecule has 102 valence electrons. The van der Waals surface area contributed by atoms with Gasteiger partial charge in [-0.3, -0.25) is 0 Å². The normalized spacial score (nSPS) is 11.1. The summed E-state index contributed by atoms with van der Waals surface area (Å²) in [5.74, 6) is 0. The molecular weight excluding hydrogens is 224 g/mol. The average Bonchev–Trinajstić information content (AvgIpc) is 2.41. The number of likely N-dealkylation sites (N-methyl/N-ethyl adjacent to an activating group) is 1. The summed E-state index contributed by atoms with van der Waals surface area (Å²) in [6, 6.07) is 8.44. The average molecular weight is 250 g/mol. The minimum Gasteiger partial charge on any atom is -0.380 e. The van der Waals surface area contributed by atoms with E-state index in [2.05, 4.69) is 48.3 Å². The molecule has 3 heteroatoms. The smallest absolute Gasteiger partial charge is 0.0716 e. The molecule has 1 rings (SSSR count). The summed E-state index contributed by atoms with van der Waals surface area (Å²) < 4.78 is 5.21. The Labute approximate surface area is 111 Å². The fourth-order valence-electron chi connectivity index (χ4n) is 2.03. The molecule has 0 spiro atoms. The molecule has 0 amide bonds. The van der Waals surface area contributed by atoms with Crippen LogP contribution in [0, 0.1) is 0 Å². The maximum atomic E-state index is 5.21. The van der Waals surface area contributed by atoms with Gasteiger partial charge in [-0.2, -0.15) is 0 Å². The van der Waals surface area contributed by atoms with E-state index in [0.29, 0.717) is 6.61 Å². The predicted molar refractivity (Wildman–Crippen MR) is 76.6 cm³/mol. The first-order chi connectivity index (χ1) is 8.81. The van der Waals surface area contributed by atoms with Gasteiger partial charge in [0.15, 0.2) is 0 Å². The monoisotopic (exact) mass is 250 g/mol. The largest absolute Gasteiger partial charge is 0.380 e. The Balaban J connectivity index is 2.34. The van der Waals surface area contributed by atoms with Gasteiger partial charge in [0.1, 0.15) is 0 Å². The molecular formula is C15H26N2O. The molecule has 0 aromatic heterocycles. The second-order valence-corrected chi connectivity index (χ2v) is 4.41. The highest BCUT2D eigenvalue weighted by molar-refractivity contribution is 5.26. The Morgan fingerprint density at radius 2 is 1.78 bits per heavy atom. The molecule has 0 saturated heterocycles. The number of nitrogens with one attached hydrogen (secondary N) is 1. The van der Waals surface area contributed by atoms with Crippen LogP contribution < -0.4 is 5.32 Å². The zero-order valence-corrected chi connectivity index (χ0v) is 11.9. The van der Waals surface area contributed by atoms with E-state index in [1.807, 2.05) is 0 Å². The standard InChI is InChI=1S/C15H26N2O/c1-4-17(5-2)11-10-16-12-14-8-6-7-9-15(14)13-18-3/h6-9,16H,4-5,10-13H2,1-3H3. The summed E-state index contributed by atoms with van der Waals surface area (Å²) >= 11 is 0. The highest BCUT2D eigenvalue weighted by atomic mass is 16.5. The van der Waals surface area contributed by atoms with Crippen molar-refractivity contribution in [1.82, 2.24) is 10.2 Å². The summed E-state index contributed by atoms with van der Waals surface area (Å²) in [5.41, 5.74) is 2.61. The van der Waals surface area contributed by atoms with Crippen molar-refractivity contribution >= 4 is 0 Å². The summed E-state index contributed by atoms with van der Waals surface area (Å²) in [7, 11) is 1.74. The molecule has 0 atom stereocenters. The van der Waals surface area contributed by atoms with Gasteiger partial charge < -0.3 is 15.0 Å². The molecule has 3 nitrogen and oxygen atoms in total. The number of nitrogens with zero attached hydrogens (tertiary/aromatic N) is 1. The Hall–Kier alpha value is -0.900. The lowest BCUT2D eigenvalue weighted by molar-refractivity contribution is 0.184. The van der Waals surface area contributed by atoms with Crippen LogP contribution in [0.25, 0.3) is 0 Å². The molecule has 0 fully saturated rings. The summed E-state index contributed by atoms with van der Waals surface area (Å²) in [5, 5.41) is 3.50. The third-order valence-corrected chi connectivity index (χ3v) is 3.23. The Morgan fingerprint density at radius 3 is 2.39 bits per heavy atom. The quantitative estimate of drug-likeness (QED) is 0.680. The molecule has 0 heterocycles. The van der Waals surface area contributed by atoms with E-state index in [4.69, 9.17) is 4.74 Å². The highest BCUT2D eigenvalue weighted by Gasteiger charge is 2.02. The van der Waals surface area contributed by atoms with Crippen LogP contribution in [0.15, 0.2) is 24.3 Å². The molecule has 0 radical (unpaired) electrons. The number of methoxy groups -OCH3 is 1. The number of ether oxygens (including phenoxy) is 1. The van der Waals surface area contributed by atoms with Crippen LogP contribution in [0.3, 0.4) is 0 Å². The van der Waals surface area contributed by atoms with Crippen molar-refractivity contribution in [3.63, 3.8) is 0 Å². The van der Waals surface area contributed by atoms with Gasteiger partial charge in [0.25, 0.3) is 0 Å². The van der Waals surface area contributed by atoms with Gasteiger partial charge in [0.05, 0.1) is 6.61 Å². The molecule has 0 aliphatic heterocycles. The molecule has 0 saturated carbocycles. The van der Waals surface area contributed by atoms with Gasteiger partial charge >= 0.3 is 0 Å². The van der Waals surface area contributed by atoms with Crippen molar-refractivity contribution in [2.24, 2.45) is 0 Å². The number of hydrogen-bond acceptors (Lipinski definition) is 3. The van der Waals surface area contributed by atoms with Crippen LogP contribution in [0.1, 0.15) is 25.0 Å². The Morgan fingerprint density at radius 1 is 1.11 bits per heavy atom. The fraction of sp³-hybridized carbons (Fsp3) is 0.600. The van der Waals surface area contributed by atoms with Gasteiger partial charge in [-0.25, -0.2) is 0 Å². The maximum Gasteiger partial charge on any atom is 0.0716 e. The zero-order chi connectivity index (χ0) is 13.2. The van der Waals surface area contributed by atoms with Crippen LogP contribution in [-0.4, -0.2) is 38.2 Å². The van der Waals surface area contributed by atoms with Gasteiger partial charge in [-0.1, -0.05) is 38.1 Å². The van der Waals surface area contributed by atoms with Gasteiger partial charge in [0.2, 0.25) is 0 Å². The highest BCUT2D eigenvalue weighted by Crippen LogP contribution is 2.09. The van der Waals surface area contributed by atoms with Crippen molar-refractivity contribution in [2.75, 3.05) is 33.3 Å². The number of benzene rings is 1. The van der Waals surface area contributed by atoms with E-state index in [0.717, 1.165) is 32.7 Å². The van der Waals surface area contributed by atoms with Crippen LogP contribution in [0.2, 0.25) is 0 Å². The lowest BCUT2D eigenvalue weighted by Gasteiger charge is -2.18. The van der Waals surface area contributed by atoms with E-state index in [1.165, 1.54) is 11.1 Å². The van der Waals surface area contributed by atoms with E-state index in [-0.39, 0.29) is 0 Å². The van der Waals surface area contributed by atoms with Gasteiger partial charge in [-0.05, 0) is 24.2 Å². The van der Waals surface area contributed by atoms with Crippen molar-refractivity contribution in [2.45, 2.75) is 27.0 Å². The molecule has 18 heavy (non-hydrogen) atoms. The van der Waals surface area contributed by atoms with Crippen molar-refractivity contribution in [1.29, 1.82) is 0 Å². The summed E-state index contributed by atoms with van der Waals surface area (Å²) in [6.07, 6.45) is 0. The van der Waals surface area contributed by atoms with Crippen molar-refractivity contribution < 1.29 is 4.74 Å². The number of rotatable bonds is 9. The molecule has 0 aliphatic rings. The molecule has 0 unspecified atom stereocenters. The SMILES string of the molecule is CCN(CC)CCNCc1ccccc1COC. The van der Waals surface area contributed by atoms with E-state index in [9.17, 15) is 0 Å². The molecule has 1 aromatic rings. The van der Waals surface area contributed by atoms with Crippen LogP contribution in [0.5, 0.6) is 0 Å². The predicted octanol–water partition coefficient (Wildman–Crippen LogP) is 2.26. The lowest BCUT2D eigenvalue weighted by atomic mass is 10.1. The Bertz CT molecular complexity index is 324. The molecule has 1 N–H and O–H groups in total. The first-order valence-electron chi connectivity index (χ1n) is 6.80. The second kappa shape index (κ2) is 9.09. The first-order valence-corrected chi connectivity index (χ1v) is 6.80. The summed E-state index contributed by atoms with van der Waals surface area (Å²) in [4.78, 5) is 2.42.